The van der Waals surface area contributed by atoms with Crippen molar-refractivity contribution in [2.24, 2.45) is 5.11 Å². The molecule has 0 atom stereocenters. The number of carbonyl (C=O) groups is 1. The standard InChI is InChI=1S/C12H12N4O3/c13-16-15-6-5-14-12(17)4-2-9-1-3-10-11(7-9)19-8-18-10/h1-4,7H,5-6,8H2,(H,14,17)/b4-2+. The molecule has 0 aliphatic carbocycles. The van der Waals surface area contributed by atoms with E-state index in [9.17, 15) is 4.79 Å². The molecule has 19 heavy (non-hydrogen) atoms. The fourth-order valence-electron chi connectivity index (χ4n) is 1.52. The van der Waals surface area contributed by atoms with Gasteiger partial charge in [-0.25, -0.2) is 0 Å². The van der Waals surface area contributed by atoms with Gasteiger partial charge in [-0.1, -0.05) is 11.2 Å². The van der Waals surface area contributed by atoms with Crippen LogP contribution in [0, 0.1) is 0 Å². The minimum absolute atomic E-state index is 0.225. The monoisotopic (exact) mass is 260 g/mol. The topological polar surface area (TPSA) is 96.3 Å². The van der Waals surface area contributed by atoms with Gasteiger partial charge < -0.3 is 14.8 Å². The molecule has 98 valence electrons. The van der Waals surface area contributed by atoms with Gasteiger partial charge >= 0.3 is 0 Å². The van der Waals surface area contributed by atoms with Crippen molar-refractivity contribution < 1.29 is 14.3 Å². The van der Waals surface area contributed by atoms with Crippen molar-refractivity contribution in [1.29, 1.82) is 0 Å². The number of carbonyl (C=O) groups excluding carboxylic acids is 1. The van der Waals surface area contributed by atoms with E-state index >= 15 is 0 Å². The lowest BCUT2D eigenvalue weighted by molar-refractivity contribution is -0.116. The van der Waals surface area contributed by atoms with Gasteiger partial charge in [-0.05, 0) is 29.3 Å². The van der Waals surface area contributed by atoms with Crippen LogP contribution in [0.25, 0.3) is 16.5 Å². The number of rotatable bonds is 5. The molecule has 7 heteroatoms. The van der Waals surface area contributed by atoms with E-state index in [1.165, 1.54) is 6.08 Å². The number of ether oxygens (including phenoxy) is 2. The number of nitrogens with one attached hydrogen (secondary N) is 1. The molecule has 0 radical (unpaired) electrons. The summed E-state index contributed by atoms with van der Waals surface area (Å²) in [5.41, 5.74) is 8.91. The van der Waals surface area contributed by atoms with Crippen LogP contribution in [-0.2, 0) is 4.79 Å². The summed E-state index contributed by atoms with van der Waals surface area (Å²) in [5.74, 6) is 1.13. The molecule has 0 saturated carbocycles. The largest absolute Gasteiger partial charge is 0.454 e. The quantitative estimate of drug-likeness (QED) is 0.287. The van der Waals surface area contributed by atoms with E-state index in [-0.39, 0.29) is 19.2 Å². The van der Waals surface area contributed by atoms with Gasteiger partial charge in [-0.3, -0.25) is 4.79 Å². The first-order valence-corrected chi connectivity index (χ1v) is 5.66. The summed E-state index contributed by atoms with van der Waals surface area (Å²) in [5, 5.41) is 5.91. The third kappa shape index (κ3) is 3.65. The van der Waals surface area contributed by atoms with Crippen LogP contribution < -0.4 is 14.8 Å². The molecule has 0 spiro atoms. The highest BCUT2D eigenvalue weighted by atomic mass is 16.7. The Hall–Kier alpha value is -2.66. The lowest BCUT2D eigenvalue weighted by Crippen LogP contribution is -2.23. The van der Waals surface area contributed by atoms with Crippen molar-refractivity contribution in [3.05, 3.63) is 40.3 Å². The van der Waals surface area contributed by atoms with Gasteiger partial charge in [0.25, 0.3) is 0 Å². The second-order valence-corrected chi connectivity index (χ2v) is 3.69. The van der Waals surface area contributed by atoms with Crippen molar-refractivity contribution in [2.75, 3.05) is 19.9 Å². The van der Waals surface area contributed by atoms with Crippen molar-refractivity contribution in [1.82, 2.24) is 5.32 Å². The Morgan fingerprint density at radius 3 is 3.16 bits per heavy atom. The van der Waals surface area contributed by atoms with Gasteiger partial charge in [-0.2, -0.15) is 0 Å². The molecule has 7 nitrogen and oxygen atoms in total. The average Bonchev–Trinajstić information content (AvgIpc) is 2.89. The summed E-state index contributed by atoms with van der Waals surface area (Å²) in [7, 11) is 0. The molecule has 1 aliphatic heterocycles. The van der Waals surface area contributed by atoms with E-state index in [1.807, 2.05) is 6.07 Å². The molecule has 1 heterocycles. The fourth-order valence-corrected chi connectivity index (χ4v) is 1.52. The van der Waals surface area contributed by atoms with Crippen molar-refractivity contribution >= 4 is 12.0 Å². The Morgan fingerprint density at radius 1 is 1.47 bits per heavy atom. The SMILES string of the molecule is [N-]=[N+]=NCCNC(=O)/C=C/c1ccc2c(c1)OCO2. The van der Waals surface area contributed by atoms with E-state index < -0.39 is 0 Å². The first-order chi connectivity index (χ1) is 9.29. The highest BCUT2D eigenvalue weighted by Gasteiger charge is 2.12. The lowest BCUT2D eigenvalue weighted by Gasteiger charge is -1.99. The lowest BCUT2D eigenvalue weighted by atomic mass is 10.2. The maximum atomic E-state index is 11.4. The average molecular weight is 260 g/mol. The minimum atomic E-state index is -0.245. The molecule has 2 rings (SSSR count). The van der Waals surface area contributed by atoms with Gasteiger partial charge in [0.15, 0.2) is 11.5 Å². The molecule has 1 amide bonds. The maximum Gasteiger partial charge on any atom is 0.243 e. The van der Waals surface area contributed by atoms with Crippen molar-refractivity contribution in [3.8, 4) is 11.5 Å². The van der Waals surface area contributed by atoms with Crippen LogP contribution in [0.2, 0.25) is 0 Å². The summed E-state index contributed by atoms with van der Waals surface area (Å²) in [6.45, 7) is 0.775. The number of hydrogen-bond acceptors (Lipinski definition) is 4. The molecule has 0 saturated heterocycles. The van der Waals surface area contributed by atoms with E-state index in [1.54, 1.807) is 18.2 Å². The molecule has 1 aromatic rings. The molecule has 1 aromatic carbocycles. The number of amides is 1. The maximum absolute atomic E-state index is 11.4. The van der Waals surface area contributed by atoms with Crippen LogP contribution in [0.3, 0.4) is 0 Å². The second kappa shape index (κ2) is 6.32. The molecule has 0 bridgehead atoms. The van der Waals surface area contributed by atoms with Gasteiger partial charge in [0.1, 0.15) is 0 Å². The molecule has 1 N–H and O–H groups in total. The third-order valence-corrected chi connectivity index (χ3v) is 2.40. The van der Waals surface area contributed by atoms with Crippen molar-refractivity contribution in [2.45, 2.75) is 0 Å². The van der Waals surface area contributed by atoms with Gasteiger partial charge in [0.2, 0.25) is 12.7 Å². The predicted octanol–water partition coefficient (Wildman–Crippen LogP) is 1.85. The summed E-state index contributed by atoms with van der Waals surface area (Å²) in [4.78, 5) is 14.0. The van der Waals surface area contributed by atoms with Gasteiger partial charge in [0.05, 0.1) is 0 Å². The molecule has 0 aromatic heterocycles. The van der Waals surface area contributed by atoms with E-state index in [2.05, 4.69) is 15.3 Å². The normalized spacial score (nSPS) is 12.2. The Labute approximate surface area is 109 Å². The molecular weight excluding hydrogens is 248 g/mol. The molecule has 1 aliphatic rings. The highest BCUT2D eigenvalue weighted by molar-refractivity contribution is 5.91. The zero-order chi connectivity index (χ0) is 13.5. The number of nitrogens with zero attached hydrogens (tertiary/aromatic N) is 3. The summed E-state index contributed by atoms with van der Waals surface area (Å²) in [6, 6.07) is 5.42. The van der Waals surface area contributed by atoms with Crippen LogP contribution in [-0.4, -0.2) is 25.8 Å². The Balaban J connectivity index is 1.87. The first-order valence-electron chi connectivity index (χ1n) is 5.66. The van der Waals surface area contributed by atoms with E-state index in [0.29, 0.717) is 18.0 Å². The summed E-state index contributed by atoms with van der Waals surface area (Å²) in [6.07, 6.45) is 3.08. The number of azide groups is 1. The van der Waals surface area contributed by atoms with Crippen LogP contribution >= 0.6 is 0 Å². The minimum Gasteiger partial charge on any atom is -0.454 e. The van der Waals surface area contributed by atoms with Gasteiger partial charge in [0, 0.05) is 24.1 Å². The van der Waals surface area contributed by atoms with E-state index in [4.69, 9.17) is 15.0 Å². The molecule has 0 fully saturated rings. The first kappa shape index (κ1) is 12.8. The number of benzene rings is 1. The number of hydrogen-bond donors (Lipinski definition) is 1. The van der Waals surface area contributed by atoms with Crippen LogP contribution in [0.4, 0.5) is 0 Å². The highest BCUT2D eigenvalue weighted by Crippen LogP contribution is 2.32. The Morgan fingerprint density at radius 2 is 2.32 bits per heavy atom. The van der Waals surface area contributed by atoms with Crippen molar-refractivity contribution in [3.63, 3.8) is 0 Å². The zero-order valence-electron chi connectivity index (χ0n) is 10.1. The second-order valence-electron chi connectivity index (χ2n) is 3.69. The zero-order valence-corrected chi connectivity index (χ0v) is 10.1. The molecular formula is C12H12N4O3. The van der Waals surface area contributed by atoms with Crippen LogP contribution in [0.1, 0.15) is 5.56 Å². The van der Waals surface area contributed by atoms with Crippen LogP contribution in [0.5, 0.6) is 11.5 Å². The predicted molar refractivity (Wildman–Crippen MR) is 68.6 cm³/mol. The Kier molecular flexibility index (Phi) is 4.25. The smallest absolute Gasteiger partial charge is 0.243 e. The fraction of sp³-hybridized carbons (Fsp3) is 0.250. The third-order valence-electron chi connectivity index (χ3n) is 2.40. The van der Waals surface area contributed by atoms with Gasteiger partial charge in [-0.15, -0.1) is 0 Å². The van der Waals surface area contributed by atoms with E-state index in [0.717, 1.165) is 5.56 Å². The molecule has 0 unspecified atom stereocenters. The summed E-state index contributed by atoms with van der Waals surface area (Å²) >= 11 is 0. The van der Waals surface area contributed by atoms with Crippen LogP contribution in [0.15, 0.2) is 29.4 Å². The Bertz CT molecular complexity index is 550. The summed E-state index contributed by atoms with van der Waals surface area (Å²) < 4.78 is 10.4. The number of fused-ring (bicyclic) bond motifs is 1.